The molecule has 0 fully saturated rings. The van der Waals surface area contributed by atoms with Gasteiger partial charge in [0.05, 0.1) is 15.1 Å². The number of carbonyl (C=O) groups is 1. The van der Waals surface area contributed by atoms with Gasteiger partial charge in [-0.3, -0.25) is 19.8 Å². The number of carbonyl (C=O) groups excluding carboxylic acids is 1. The van der Waals surface area contributed by atoms with Crippen LogP contribution >= 0.6 is 35.3 Å². The number of aryl methyl sites for hydroxylation is 1. The number of aliphatic imine (C=N–C) groups is 3. The van der Waals surface area contributed by atoms with E-state index in [4.69, 9.17) is 19.4 Å². The molecule has 29 heavy (non-hydrogen) atoms. The summed E-state index contributed by atoms with van der Waals surface area (Å²) in [6.45, 7) is 10.1. The number of hydrogen-bond donors (Lipinski definition) is 1. The van der Waals surface area contributed by atoms with Crippen molar-refractivity contribution >= 4 is 56.3 Å². The van der Waals surface area contributed by atoms with E-state index in [0.29, 0.717) is 23.1 Å². The van der Waals surface area contributed by atoms with Crippen molar-refractivity contribution in [2.45, 2.75) is 51.2 Å². The Bertz CT molecular complexity index is 971. The monoisotopic (exact) mass is 451 g/mol. The predicted molar refractivity (Wildman–Crippen MR) is 124 cm³/mol. The number of aromatic nitrogens is 1. The normalized spacial score (nSPS) is 34.2. The van der Waals surface area contributed by atoms with E-state index in [0.717, 1.165) is 26.6 Å². The average molecular weight is 452 g/mol. The molecule has 1 N–H and O–H groups in total. The van der Waals surface area contributed by atoms with Crippen LogP contribution in [0.2, 0.25) is 0 Å². The first-order valence-corrected chi connectivity index (χ1v) is 12.4. The second-order valence-electron chi connectivity index (χ2n) is 8.16. The van der Waals surface area contributed by atoms with Gasteiger partial charge in [0.2, 0.25) is 5.89 Å². The molecule has 3 aliphatic rings. The lowest BCUT2D eigenvalue weighted by molar-refractivity contribution is 0.0957. The first-order chi connectivity index (χ1) is 13.6. The highest BCUT2D eigenvalue weighted by atomic mass is 32.2. The molecule has 1 aromatic rings. The van der Waals surface area contributed by atoms with Gasteiger partial charge in [-0.15, -0.1) is 35.3 Å². The highest BCUT2D eigenvalue weighted by molar-refractivity contribution is 8.16. The van der Waals surface area contributed by atoms with Gasteiger partial charge in [0.1, 0.15) is 22.4 Å². The van der Waals surface area contributed by atoms with Crippen LogP contribution in [0.15, 0.2) is 19.4 Å². The Morgan fingerprint density at radius 2 is 1.48 bits per heavy atom. The first-order valence-electron chi connectivity index (χ1n) is 9.44. The van der Waals surface area contributed by atoms with Crippen molar-refractivity contribution in [3.63, 3.8) is 0 Å². The summed E-state index contributed by atoms with van der Waals surface area (Å²) in [5, 5.41) is 5.81. The molecule has 0 saturated heterocycles. The number of oxazole rings is 1. The minimum absolute atomic E-state index is 0.230. The first kappa shape index (κ1) is 21.0. The van der Waals surface area contributed by atoms with Crippen LogP contribution in [0.1, 0.15) is 49.8 Å². The van der Waals surface area contributed by atoms with E-state index >= 15 is 0 Å². The fourth-order valence-corrected chi connectivity index (χ4v) is 7.24. The summed E-state index contributed by atoms with van der Waals surface area (Å²) in [6.07, 6.45) is 0. The van der Waals surface area contributed by atoms with Gasteiger partial charge in [-0.25, -0.2) is 4.98 Å². The van der Waals surface area contributed by atoms with Crippen LogP contribution in [0, 0.1) is 6.92 Å². The van der Waals surface area contributed by atoms with E-state index in [9.17, 15) is 4.79 Å². The lowest BCUT2D eigenvalue weighted by atomic mass is 10.0. The minimum atomic E-state index is -0.606. The van der Waals surface area contributed by atoms with Gasteiger partial charge in [0, 0.05) is 24.3 Å². The molecule has 0 spiro atoms. The zero-order valence-electron chi connectivity index (χ0n) is 17.5. The minimum Gasteiger partial charge on any atom is -0.442 e. The fraction of sp³-hybridized carbons (Fsp3) is 0.632. The smallest absolute Gasteiger partial charge is 0.273 e. The third-order valence-electron chi connectivity index (χ3n) is 5.26. The molecule has 0 aliphatic carbocycles. The Balaban J connectivity index is 1.63. The summed E-state index contributed by atoms with van der Waals surface area (Å²) in [6, 6.07) is 0. The van der Waals surface area contributed by atoms with Gasteiger partial charge in [0.15, 0.2) is 5.69 Å². The Kier molecular flexibility index (Phi) is 5.18. The predicted octanol–water partition coefficient (Wildman–Crippen LogP) is 3.53. The van der Waals surface area contributed by atoms with Crippen LogP contribution in [-0.4, -0.2) is 61.4 Å². The molecule has 4 heterocycles. The summed E-state index contributed by atoms with van der Waals surface area (Å²) < 4.78 is 5.84. The van der Waals surface area contributed by atoms with Crippen molar-refractivity contribution in [2.24, 2.45) is 15.0 Å². The molecule has 0 unspecified atom stereocenters. The Hall–Kier alpha value is -1.26. The number of nitrogens with one attached hydrogen (secondary N) is 1. The van der Waals surface area contributed by atoms with Crippen LogP contribution in [0.4, 0.5) is 0 Å². The molecule has 1 aromatic heterocycles. The second kappa shape index (κ2) is 7.16. The zero-order chi connectivity index (χ0) is 21.0. The summed E-state index contributed by atoms with van der Waals surface area (Å²) in [7, 11) is 1.59. The Morgan fingerprint density at radius 1 is 0.931 bits per heavy atom. The molecule has 3 atom stereocenters. The molecule has 10 heteroatoms. The molecular formula is C19H25N5O2S3. The number of thioether (sulfide) groups is 3. The number of nitrogens with zero attached hydrogens (tertiary/aromatic N) is 4. The van der Waals surface area contributed by atoms with E-state index in [-0.39, 0.29) is 17.0 Å². The van der Waals surface area contributed by atoms with Crippen molar-refractivity contribution in [1.29, 1.82) is 0 Å². The summed E-state index contributed by atoms with van der Waals surface area (Å²) >= 11 is 5.28. The highest BCUT2D eigenvalue weighted by Crippen LogP contribution is 2.45. The molecule has 156 valence electrons. The van der Waals surface area contributed by atoms with Gasteiger partial charge in [-0.2, -0.15) is 0 Å². The maximum atomic E-state index is 12.0. The van der Waals surface area contributed by atoms with Gasteiger partial charge >= 0.3 is 0 Å². The van der Waals surface area contributed by atoms with E-state index in [1.165, 1.54) is 0 Å². The number of amides is 1. The molecule has 0 radical (unpaired) electrons. The van der Waals surface area contributed by atoms with Gasteiger partial charge < -0.3 is 9.73 Å². The lowest BCUT2D eigenvalue weighted by Crippen LogP contribution is -2.33. The number of rotatable bonds is 4. The van der Waals surface area contributed by atoms with Crippen molar-refractivity contribution < 1.29 is 9.21 Å². The summed E-state index contributed by atoms with van der Waals surface area (Å²) in [5.41, 5.74) is -0.884. The molecule has 1 amide bonds. The molecule has 0 bridgehead atoms. The van der Waals surface area contributed by atoms with E-state index < -0.39 is 5.54 Å². The van der Waals surface area contributed by atoms with E-state index in [1.807, 2.05) is 6.92 Å². The van der Waals surface area contributed by atoms with Crippen LogP contribution in [0.5, 0.6) is 0 Å². The second-order valence-corrected chi connectivity index (χ2v) is 11.3. The van der Waals surface area contributed by atoms with Crippen molar-refractivity contribution in [1.82, 2.24) is 10.3 Å². The third-order valence-corrected chi connectivity index (χ3v) is 9.50. The Labute approximate surface area is 183 Å². The van der Waals surface area contributed by atoms with Crippen LogP contribution in [-0.2, 0) is 5.54 Å². The van der Waals surface area contributed by atoms with Gasteiger partial charge in [-0.05, 0) is 34.6 Å². The third kappa shape index (κ3) is 3.57. The number of hydrogen-bond acceptors (Lipinski definition) is 9. The Morgan fingerprint density at radius 3 is 2.07 bits per heavy atom. The molecule has 4 rings (SSSR count). The summed E-state index contributed by atoms with van der Waals surface area (Å²) in [4.78, 5) is 31.4. The van der Waals surface area contributed by atoms with Crippen molar-refractivity contribution in [2.75, 3.05) is 24.3 Å². The topological polar surface area (TPSA) is 92.2 Å². The highest BCUT2D eigenvalue weighted by Gasteiger charge is 2.48. The molecular weight excluding hydrogens is 426 g/mol. The van der Waals surface area contributed by atoms with Crippen molar-refractivity contribution in [3.05, 3.63) is 17.3 Å². The van der Waals surface area contributed by atoms with E-state index in [2.05, 4.69) is 31.1 Å². The van der Waals surface area contributed by atoms with Gasteiger partial charge in [-0.1, -0.05) is 0 Å². The molecule has 3 aliphatic heterocycles. The molecule has 0 saturated carbocycles. The molecule has 0 aromatic carbocycles. The maximum absolute atomic E-state index is 12.0. The van der Waals surface area contributed by atoms with Crippen LogP contribution in [0.25, 0.3) is 0 Å². The lowest BCUT2D eigenvalue weighted by Gasteiger charge is -2.21. The zero-order valence-corrected chi connectivity index (χ0v) is 19.9. The largest absolute Gasteiger partial charge is 0.442 e. The van der Waals surface area contributed by atoms with Crippen LogP contribution in [0.3, 0.4) is 0 Å². The standard InChI is InChI=1S/C19H25N5O2S3/c1-10-12(13(25)20-6)21-14(26-10)17(3)7-28-16(23-17)19(5)9-29-15(24-19)18(4)8-27-11(2)22-18/h7-9H2,1-6H3,(H,20,25)/t17-,18-,19-/m0/s1. The average Bonchev–Trinajstić information content (AvgIpc) is 3.43. The van der Waals surface area contributed by atoms with E-state index in [1.54, 1.807) is 49.3 Å². The summed E-state index contributed by atoms with van der Waals surface area (Å²) in [5.74, 6) is 3.25. The quantitative estimate of drug-likeness (QED) is 0.753. The molecule has 7 nitrogen and oxygen atoms in total. The fourth-order valence-electron chi connectivity index (χ4n) is 3.49. The SMILES string of the molecule is CNC(=O)c1nc([C@]2(C)CSC([C@]3(C)CSC([C@]4(C)CSC(C)=N4)=N3)=N2)oc1C. The maximum Gasteiger partial charge on any atom is 0.273 e. The van der Waals surface area contributed by atoms with Crippen LogP contribution < -0.4 is 5.32 Å². The van der Waals surface area contributed by atoms with Gasteiger partial charge in [0.25, 0.3) is 5.91 Å². The van der Waals surface area contributed by atoms with Crippen molar-refractivity contribution in [3.8, 4) is 0 Å².